The highest BCUT2D eigenvalue weighted by Gasteiger charge is 2.31. The van der Waals surface area contributed by atoms with Gasteiger partial charge in [-0.25, -0.2) is 4.79 Å². The van der Waals surface area contributed by atoms with E-state index in [1.165, 1.54) is 0 Å². The molecule has 1 heterocycles. The molecular weight excluding hydrogens is 358 g/mol. The number of carbonyl (C=O) groups is 2. The lowest BCUT2D eigenvalue weighted by atomic mass is 9.93. The van der Waals surface area contributed by atoms with Crippen molar-refractivity contribution in [2.24, 2.45) is 5.92 Å². The fourth-order valence-electron chi connectivity index (χ4n) is 3.45. The number of nitrogens with one attached hydrogen (secondary N) is 1. The summed E-state index contributed by atoms with van der Waals surface area (Å²) >= 11 is 0. The van der Waals surface area contributed by atoms with Crippen LogP contribution >= 0.6 is 0 Å². The van der Waals surface area contributed by atoms with E-state index in [0.717, 1.165) is 29.7 Å². The van der Waals surface area contributed by atoms with E-state index in [1.54, 1.807) is 18.2 Å². The van der Waals surface area contributed by atoms with Crippen molar-refractivity contribution in [3.05, 3.63) is 54.1 Å². The molecule has 2 atom stereocenters. The molecule has 6 nitrogen and oxygen atoms in total. The van der Waals surface area contributed by atoms with Crippen molar-refractivity contribution in [1.82, 2.24) is 5.32 Å². The highest BCUT2D eigenvalue weighted by atomic mass is 16.5. The van der Waals surface area contributed by atoms with Crippen LogP contribution in [0, 0.1) is 5.92 Å². The molecular formula is C22H25NO5. The summed E-state index contributed by atoms with van der Waals surface area (Å²) in [6, 6.07) is 13.8. The van der Waals surface area contributed by atoms with E-state index in [2.05, 4.69) is 5.32 Å². The van der Waals surface area contributed by atoms with Gasteiger partial charge in [-0.15, -0.1) is 0 Å². The highest BCUT2D eigenvalue weighted by molar-refractivity contribution is 5.97. The number of hydrogen-bond acceptors (Lipinski definition) is 4. The van der Waals surface area contributed by atoms with Crippen molar-refractivity contribution in [1.29, 1.82) is 0 Å². The molecule has 0 bridgehead atoms. The van der Waals surface area contributed by atoms with Crippen LogP contribution in [0.25, 0.3) is 11.1 Å². The van der Waals surface area contributed by atoms with Gasteiger partial charge in [-0.1, -0.05) is 30.3 Å². The summed E-state index contributed by atoms with van der Waals surface area (Å²) in [5, 5.41) is 12.2. The molecule has 0 radical (unpaired) electrons. The van der Waals surface area contributed by atoms with Crippen LogP contribution in [0.5, 0.6) is 5.75 Å². The molecule has 1 saturated heterocycles. The van der Waals surface area contributed by atoms with Gasteiger partial charge in [0.05, 0.1) is 13.2 Å². The van der Waals surface area contributed by atoms with Gasteiger partial charge in [0.15, 0.2) is 0 Å². The molecule has 148 valence electrons. The predicted molar refractivity (Wildman–Crippen MR) is 105 cm³/mol. The number of ether oxygens (including phenoxy) is 2. The van der Waals surface area contributed by atoms with E-state index in [0.29, 0.717) is 25.4 Å². The van der Waals surface area contributed by atoms with Gasteiger partial charge in [-0.05, 0) is 43.5 Å². The Kier molecular flexibility index (Phi) is 6.66. The molecule has 2 unspecified atom stereocenters. The third-order valence-corrected chi connectivity index (χ3v) is 4.84. The summed E-state index contributed by atoms with van der Waals surface area (Å²) < 4.78 is 11.1. The maximum absolute atomic E-state index is 12.7. The molecule has 1 aliphatic rings. The minimum absolute atomic E-state index is 0.225. The Hall–Kier alpha value is -2.86. The normalized spacial score (nSPS) is 17.5. The molecule has 1 amide bonds. The van der Waals surface area contributed by atoms with Crippen LogP contribution in [0.1, 0.15) is 30.1 Å². The van der Waals surface area contributed by atoms with Gasteiger partial charge in [-0.3, -0.25) is 4.79 Å². The fraction of sp³-hybridized carbons (Fsp3) is 0.364. The summed E-state index contributed by atoms with van der Waals surface area (Å²) in [6.45, 7) is 3.44. The van der Waals surface area contributed by atoms with E-state index in [-0.39, 0.29) is 5.92 Å². The number of rotatable bonds is 7. The molecule has 0 aromatic heterocycles. The molecule has 6 heteroatoms. The second kappa shape index (κ2) is 9.37. The number of para-hydroxylation sites is 1. The number of carboxylic acid groups (broad SMARTS) is 1. The zero-order chi connectivity index (χ0) is 19.9. The van der Waals surface area contributed by atoms with Crippen LogP contribution < -0.4 is 10.1 Å². The van der Waals surface area contributed by atoms with Gasteiger partial charge in [0, 0.05) is 23.7 Å². The van der Waals surface area contributed by atoms with Crippen molar-refractivity contribution in [3.8, 4) is 16.9 Å². The third-order valence-electron chi connectivity index (χ3n) is 4.84. The van der Waals surface area contributed by atoms with Gasteiger partial charge in [-0.2, -0.15) is 0 Å². The van der Waals surface area contributed by atoms with Crippen molar-refractivity contribution in [2.45, 2.75) is 25.8 Å². The van der Waals surface area contributed by atoms with Gasteiger partial charge in [0.2, 0.25) is 0 Å². The number of carbonyl (C=O) groups excluding carboxylic acids is 1. The average molecular weight is 383 g/mol. The van der Waals surface area contributed by atoms with Crippen LogP contribution in [-0.4, -0.2) is 42.8 Å². The minimum atomic E-state index is -1.04. The number of carboxylic acids is 1. The standard InChI is InChI=1S/C22H25NO5/c1-2-28-19-11-4-3-10-18(19)15-7-5-8-16(13-15)21(24)23-20(22(25)26)17-9-6-12-27-14-17/h3-5,7-8,10-11,13,17,20H,2,6,9,12,14H2,1H3,(H,23,24)(H,25,26). The first-order chi connectivity index (χ1) is 13.6. The quantitative estimate of drug-likeness (QED) is 0.766. The van der Waals surface area contributed by atoms with Crippen LogP contribution in [0.15, 0.2) is 48.5 Å². The van der Waals surface area contributed by atoms with E-state index in [1.807, 2.05) is 37.3 Å². The summed E-state index contributed by atoms with van der Waals surface area (Å²) in [5.74, 6) is -0.933. The first-order valence-corrected chi connectivity index (χ1v) is 9.54. The largest absolute Gasteiger partial charge is 0.493 e. The first kappa shape index (κ1) is 19.9. The fourth-order valence-corrected chi connectivity index (χ4v) is 3.45. The topological polar surface area (TPSA) is 84.9 Å². The Balaban J connectivity index is 1.81. The molecule has 2 N–H and O–H groups in total. The lowest BCUT2D eigenvalue weighted by Crippen LogP contribution is -2.48. The van der Waals surface area contributed by atoms with Crippen LogP contribution in [0.3, 0.4) is 0 Å². The molecule has 1 aliphatic heterocycles. The Morgan fingerprint density at radius 1 is 1.25 bits per heavy atom. The second-order valence-corrected chi connectivity index (χ2v) is 6.78. The van der Waals surface area contributed by atoms with Crippen LogP contribution in [-0.2, 0) is 9.53 Å². The van der Waals surface area contributed by atoms with Crippen molar-refractivity contribution < 1.29 is 24.2 Å². The summed E-state index contributed by atoms with van der Waals surface area (Å²) in [6.07, 6.45) is 1.52. The zero-order valence-electron chi connectivity index (χ0n) is 15.9. The Morgan fingerprint density at radius 3 is 2.79 bits per heavy atom. The van der Waals surface area contributed by atoms with Gasteiger partial charge >= 0.3 is 5.97 Å². The van der Waals surface area contributed by atoms with E-state index in [9.17, 15) is 14.7 Å². The number of hydrogen-bond donors (Lipinski definition) is 2. The Morgan fingerprint density at radius 2 is 2.07 bits per heavy atom. The highest BCUT2D eigenvalue weighted by Crippen LogP contribution is 2.30. The average Bonchev–Trinajstić information content (AvgIpc) is 2.73. The molecule has 0 saturated carbocycles. The maximum atomic E-state index is 12.7. The van der Waals surface area contributed by atoms with Gasteiger partial charge < -0.3 is 19.9 Å². The van der Waals surface area contributed by atoms with Gasteiger partial charge in [0.25, 0.3) is 5.91 Å². The van der Waals surface area contributed by atoms with Crippen molar-refractivity contribution in [3.63, 3.8) is 0 Å². The zero-order valence-corrected chi connectivity index (χ0v) is 15.9. The third kappa shape index (κ3) is 4.70. The Bertz CT molecular complexity index is 829. The number of amides is 1. The smallest absolute Gasteiger partial charge is 0.326 e. The maximum Gasteiger partial charge on any atom is 0.326 e. The van der Waals surface area contributed by atoms with Crippen LogP contribution in [0.2, 0.25) is 0 Å². The van der Waals surface area contributed by atoms with Crippen LogP contribution in [0.4, 0.5) is 0 Å². The number of benzene rings is 2. The summed E-state index contributed by atoms with van der Waals surface area (Å²) in [4.78, 5) is 24.4. The lowest BCUT2D eigenvalue weighted by molar-refractivity contribution is -0.142. The van der Waals surface area contributed by atoms with E-state index < -0.39 is 17.9 Å². The van der Waals surface area contributed by atoms with E-state index >= 15 is 0 Å². The molecule has 0 aliphatic carbocycles. The van der Waals surface area contributed by atoms with Crippen molar-refractivity contribution in [2.75, 3.05) is 19.8 Å². The monoisotopic (exact) mass is 383 g/mol. The SMILES string of the molecule is CCOc1ccccc1-c1cccc(C(=O)NC(C(=O)O)C2CCCOC2)c1. The Labute approximate surface area is 164 Å². The minimum Gasteiger partial charge on any atom is -0.493 e. The van der Waals surface area contributed by atoms with E-state index in [4.69, 9.17) is 9.47 Å². The lowest BCUT2D eigenvalue weighted by Gasteiger charge is -2.28. The molecule has 0 spiro atoms. The molecule has 1 fully saturated rings. The summed E-state index contributed by atoms with van der Waals surface area (Å²) in [7, 11) is 0. The van der Waals surface area contributed by atoms with Gasteiger partial charge in [0.1, 0.15) is 11.8 Å². The second-order valence-electron chi connectivity index (χ2n) is 6.78. The molecule has 2 aromatic carbocycles. The molecule has 2 aromatic rings. The predicted octanol–water partition coefficient (Wildman–Crippen LogP) is 3.36. The molecule has 3 rings (SSSR count). The number of aliphatic carboxylic acids is 1. The first-order valence-electron chi connectivity index (χ1n) is 9.54. The molecule has 28 heavy (non-hydrogen) atoms. The summed E-state index contributed by atoms with van der Waals surface area (Å²) in [5.41, 5.74) is 2.13. The van der Waals surface area contributed by atoms with Crippen molar-refractivity contribution >= 4 is 11.9 Å².